The van der Waals surface area contributed by atoms with Crippen molar-refractivity contribution in [3.8, 4) is 11.8 Å². The molecule has 0 N–H and O–H groups in total. The third-order valence-corrected chi connectivity index (χ3v) is 3.47. The van der Waals surface area contributed by atoms with Crippen molar-refractivity contribution in [2.75, 3.05) is 18.1 Å². The van der Waals surface area contributed by atoms with Crippen LogP contribution in [0.5, 0.6) is 0 Å². The van der Waals surface area contributed by atoms with Gasteiger partial charge in [-0.2, -0.15) is 0 Å². The molecular formula is C18H23BrN2O4. The SMILES string of the molecule is CC#CCCN(C(=O)OC(C)(C)C)c1ccc(Br)c(C(=O)OCC)n1. The summed E-state index contributed by atoms with van der Waals surface area (Å²) in [5.41, 5.74) is -0.542. The van der Waals surface area contributed by atoms with Crippen molar-refractivity contribution in [1.82, 2.24) is 4.98 Å². The first-order valence-corrected chi connectivity index (χ1v) is 8.72. The number of hydrogen-bond donors (Lipinski definition) is 0. The zero-order chi connectivity index (χ0) is 19.0. The summed E-state index contributed by atoms with van der Waals surface area (Å²) in [5, 5.41) is 0. The molecule has 0 aliphatic heterocycles. The Hall–Kier alpha value is -2.07. The van der Waals surface area contributed by atoms with Crippen LogP contribution in [0.1, 0.15) is 51.5 Å². The van der Waals surface area contributed by atoms with Crippen LogP contribution in [0.3, 0.4) is 0 Å². The molecule has 136 valence electrons. The standard InChI is InChI=1S/C18H23BrN2O4/c1-6-8-9-12-21(17(23)25-18(3,4)5)14-11-10-13(19)15(20-14)16(22)24-7-2/h10-11H,7,9,12H2,1-5H3. The van der Waals surface area contributed by atoms with Crippen molar-refractivity contribution >= 4 is 33.8 Å². The number of anilines is 1. The van der Waals surface area contributed by atoms with Crippen LogP contribution in [-0.2, 0) is 9.47 Å². The van der Waals surface area contributed by atoms with Gasteiger partial charge in [-0.15, -0.1) is 11.8 Å². The van der Waals surface area contributed by atoms with Gasteiger partial charge in [0.2, 0.25) is 0 Å². The summed E-state index contributed by atoms with van der Waals surface area (Å²) in [4.78, 5) is 30.2. The first-order valence-electron chi connectivity index (χ1n) is 7.93. The van der Waals surface area contributed by atoms with Crippen molar-refractivity contribution in [1.29, 1.82) is 0 Å². The largest absolute Gasteiger partial charge is 0.461 e. The monoisotopic (exact) mass is 410 g/mol. The lowest BCUT2D eigenvalue weighted by molar-refractivity contribution is 0.0513. The van der Waals surface area contributed by atoms with E-state index in [4.69, 9.17) is 9.47 Å². The second kappa shape index (κ2) is 9.42. The van der Waals surface area contributed by atoms with E-state index in [1.165, 1.54) is 4.90 Å². The van der Waals surface area contributed by atoms with Gasteiger partial charge in [-0.3, -0.25) is 4.90 Å². The molecule has 0 aliphatic carbocycles. The number of aromatic nitrogens is 1. The molecule has 1 aromatic rings. The van der Waals surface area contributed by atoms with Crippen LogP contribution in [0.15, 0.2) is 16.6 Å². The molecule has 0 saturated carbocycles. The van der Waals surface area contributed by atoms with E-state index in [9.17, 15) is 9.59 Å². The summed E-state index contributed by atoms with van der Waals surface area (Å²) < 4.78 is 10.9. The maximum absolute atomic E-state index is 12.5. The van der Waals surface area contributed by atoms with Gasteiger partial charge in [0.25, 0.3) is 0 Å². The molecule has 0 aliphatic rings. The predicted octanol–water partition coefficient (Wildman–Crippen LogP) is 4.18. The fourth-order valence-electron chi connectivity index (χ4n) is 1.83. The summed E-state index contributed by atoms with van der Waals surface area (Å²) in [6.45, 7) is 9.34. The van der Waals surface area contributed by atoms with Crippen molar-refractivity contribution in [2.45, 2.75) is 46.6 Å². The molecule has 6 nitrogen and oxygen atoms in total. The highest BCUT2D eigenvalue weighted by Crippen LogP contribution is 2.22. The zero-order valence-electron chi connectivity index (χ0n) is 15.2. The van der Waals surface area contributed by atoms with Crippen LogP contribution in [-0.4, -0.2) is 35.8 Å². The maximum Gasteiger partial charge on any atom is 0.416 e. The Kier molecular flexibility index (Phi) is 7.91. The van der Waals surface area contributed by atoms with E-state index in [0.29, 0.717) is 23.3 Å². The lowest BCUT2D eigenvalue weighted by Crippen LogP contribution is -2.38. The fourth-order valence-corrected chi connectivity index (χ4v) is 2.22. The molecule has 1 amide bonds. The normalized spacial score (nSPS) is 10.5. The van der Waals surface area contributed by atoms with Gasteiger partial charge in [-0.1, -0.05) is 0 Å². The molecule has 0 saturated heterocycles. The molecular weight excluding hydrogens is 388 g/mol. The summed E-state index contributed by atoms with van der Waals surface area (Å²) in [6.07, 6.45) is -0.0857. The lowest BCUT2D eigenvalue weighted by Gasteiger charge is -2.26. The number of carbonyl (C=O) groups is 2. The predicted molar refractivity (Wildman–Crippen MR) is 99.5 cm³/mol. The summed E-state index contributed by atoms with van der Waals surface area (Å²) in [5.74, 6) is 5.44. The fraction of sp³-hybridized carbons (Fsp3) is 0.500. The van der Waals surface area contributed by atoms with Crippen molar-refractivity contribution < 1.29 is 19.1 Å². The molecule has 25 heavy (non-hydrogen) atoms. The molecule has 1 aromatic heterocycles. The number of carbonyl (C=O) groups excluding carboxylic acids is 2. The van der Waals surface area contributed by atoms with Gasteiger partial charge in [-0.05, 0) is 62.7 Å². The zero-order valence-corrected chi connectivity index (χ0v) is 16.8. The topological polar surface area (TPSA) is 68.7 Å². The van der Waals surface area contributed by atoms with Crippen LogP contribution in [0.25, 0.3) is 0 Å². The Morgan fingerprint density at radius 2 is 2.00 bits per heavy atom. The molecule has 0 radical (unpaired) electrons. The van der Waals surface area contributed by atoms with Crippen molar-refractivity contribution in [2.24, 2.45) is 0 Å². The van der Waals surface area contributed by atoms with Crippen molar-refractivity contribution in [3.63, 3.8) is 0 Å². The Labute approximate surface area is 157 Å². The van der Waals surface area contributed by atoms with Crippen LogP contribution in [0.4, 0.5) is 10.6 Å². The van der Waals surface area contributed by atoms with Crippen LogP contribution in [0, 0.1) is 11.8 Å². The molecule has 0 bridgehead atoms. The second-order valence-corrected chi connectivity index (χ2v) is 6.88. The highest BCUT2D eigenvalue weighted by Gasteiger charge is 2.25. The van der Waals surface area contributed by atoms with Gasteiger partial charge < -0.3 is 9.47 Å². The van der Waals surface area contributed by atoms with E-state index < -0.39 is 17.7 Å². The minimum Gasteiger partial charge on any atom is -0.461 e. The quantitative estimate of drug-likeness (QED) is 0.537. The minimum absolute atomic E-state index is 0.106. The summed E-state index contributed by atoms with van der Waals surface area (Å²) >= 11 is 3.28. The second-order valence-electron chi connectivity index (χ2n) is 6.03. The third-order valence-electron chi connectivity index (χ3n) is 2.83. The molecule has 0 atom stereocenters. The van der Waals surface area contributed by atoms with Crippen LogP contribution >= 0.6 is 15.9 Å². The first-order chi connectivity index (χ1) is 11.7. The molecule has 0 spiro atoms. The van der Waals surface area contributed by atoms with E-state index in [1.54, 1.807) is 46.8 Å². The third kappa shape index (κ3) is 6.75. The van der Waals surface area contributed by atoms with Gasteiger partial charge in [0, 0.05) is 13.0 Å². The van der Waals surface area contributed by atoms with Gasteiger partial charge >= 0.3 is 12.1 Å². The Balaban J connectivity index is 3.19. The molecule has 0 unspecified atom stereocenters. The number of rotatable bonds is 5. The maximum atomic E-state index is 12.5. The summed E-state index contributed by atoms with van der Waals surface area (Å²) in [6, 6.07) is 3.29. The molecule has 7 heteroatoms. The minimum atomic E-state index is -0.648. The molecule has 0 aromatic carbocycles. The lowest BCUT2D eigenvalue weighted by atomic mass is 10.2. The number of hydrogen-bond acceptors (Lipinski definition) is 5. The van der Waals surface area contributed by atoms with Gasteiger partial charge in [0.15, 0.2) is 5.69 Å². The highest BCUT2D eigenvalue weighted by atomic mass is 79.9. The molecule has 0 fully saturated rings. The first kappa shape index (κ1) is 21.0. The van der Waals surface area contributed by atoms with Gasteiger partial charge in [-0.25, -0.2) is 14.6 Å². The summed E-state index contributed by atoms with van der Waals surface area (Å²) in [7, 11) is 0. The number of halogens is 1. The average molecular weight is 411 g/mol. The van der Waals surface area contributed by atoms with E-state index >= 15 is 0 Å². The Morgan fingerprint density at radius 3 is 2.56 bits per heavy atom. The molecule has 1 heterocycles. The van der Waals surface area contributed by atoms with Crippen LogP contribution < -0.4 is 4.90 Å². The number of pyridine rings is 1. The van der Waals surface area contributed by atoms with Crippen molar-refractivity contribution in [3.05, 3.63) is 22.3 Å². The van der Waals surface area contributed by atoms with Crippen LogP contribution in [0.2, 0.25) is 0 Å². The van der Waals surface area contributed by atoms with E-state index in [2.05, 4.69) is 32.8 Å². The highest BCUT2D eigenvalue weighted by molar-refractivity contribution is 9.10. The van der Waals surface area contributed by atoms with Gasteiger partial charge in [0.1, 0.15) is 11.4 Å². The number of amides is 1. The number of ether oxygens (including phenoxy) is 2. The average Bonchev–Trinajstić information content (AvgIpc) is 2.51. The number of nitrogens with zero attached hydrogens (tertiary/aromatic N) is 2. The Morgan fingerprint density at radius 1 is 1.32 bits per heavy atom. The Bertz CT molecular complexity index is 687. The van der Waals surface area contributed by atoms with E-state index in [-0.39, 0.29) is 12.3 Å². The van der Waals surface area contributed by atoms with E-state index in [0.717, 1.165) is 0 Å². The number of esters is 1. The van der Waals surface area contributed by atoms with Gasteiger partial charge in [0.05, 0.1) is 11.1 Å². The van der Waals surface area contributed by atoms with E-state index in [1.807, 2.05) is 0 Å². The molecule has 1 rings (SSSR count). The smallest absolute Gasteiger partial charge is 0.416 e.